The lowest BCUT2D eigenvalue weighted by atomic mass is 9.96. The second-order valence-electron chi connectivity index (χ2n) is 7.70. The Hall–Kier alpha value is -2.51. The molecule has 0 radical (unpaired) electrons. The summed E-state index contributed by atoms with van der Waals surface area (Å²) in [7, 11) is 0. The topological polar surface area (TPSA) is 93.3 Å². The van der Waals surface area contributed by atoms with Crippen LogP contribution in [-0.4, -0.2) is 29.0 Å². The molecule has 1 fully saturated rings. The molecule has 146 valence electrons. The van der Waals surface area contributed by atoms with E-state index in [-0.39, 0.29) is 17.4 Å². The van der Waals surface area contributed by atoms with Gasteiger partial charge in [0.05, 0.1) is 18.5 Å². The Bertz CT molecular complexity index is 1080. The molecule has 2 aromatic heterocycles. The molecule has 1 amide bonds. The number of aromatic amines is 1. The van der Waals surface area contributed by atoms with Crippen molar-refractivity contribution in [3.8, 4) is 11.1 Å². The molecule has 0 atom stereocenters. The standard InChI is InChI=1S/C21H24N4O2S/c1-12-3-5-14(6-4-12)17-13(2)28-21-18(17)20(27)23-16(24-21)11-25-9-7-15(8-10-25)19(22)26/h3-6,15H,7-11H2,1-2H3,(H2,22,26)(H,23,24,27)/p+1. The second-order valence-corrected chi connectivity index (χ2v) is 8.90. The monoisotopic (exact) mass is 397 g/mol. The largest absolute Gasteiger partial charge is 0.369 e. The minimum Gasteiger partial charge on any atom is -0.369 e. The summed E-state index contributed by atoms with van der Waals surface area (Å²) < 4.78 is 0. The number of aryl methyl sites for hydroxylation is 2. The molecule has 28 heavy (non-hydrogen) atoms. The number of nitrogens with two attached hydrogens (primary N) is 1. The number of fused-ring (bicyclic) bond motifs is 1. The lowest BCUT2D eigenvalue weighted by Crippen LogP contribution is -3.12. The van der Waals surface area contributed by atoms with Gasteiger partial charge in [-0.25, -0.2) is 4.98 Å². The normalized spacial score (nSPS) is 19.8. The van der Waals surface area contributed by atoms with Crippen molar-refractivity contribution in [3.05, 3.63) is 50.9 Å². The summed E-state index contributed by atoms with van der Waals surface area (Å²) in [6, 6.07) is 8.25. The van der Waals surface area contributed by atoms with Gasteiger partial charge < -0.3 is 15.6 Å². The van der Waals surface area contributed by atoms with Gasteiger partial charge in [0.25, 0.3) is 5.56 Å². The molecule has 6 nitrogen and oxygen atoms in total. The number of hydrogen-bond donors (Lipinski definition) is 3. The number of primary amides is 1. The Morgan fingerprint density at radius 3 is 2.57 bits per heavy atom. The Kier molecular flexibility index (Phi) is 5.03. The number of likely N-dealkylation sites (tertiary alicyclic amines) is 1. The fourth-order valence-electron chi connectivity index (χ4n) is 4.04. The smallest absolute Gasteiger partial charge is 0.260 e. The molecule has 1 saturated heterocycles. The maximum Gasteiger partial charge on any atom is 0.260 e. The van der Waals surface area contributed by atoms with Gasteiger partial charge in [0.2, 0.25) is 5.91 Å². The first kappa shape index (κ1) is 18.8. The highest BCUT2D eigenvalue weighted by Gasteiger charge is 2.26. The van der Waals surface area contributed by atoms with Gasteiger partial charge in [-0.15, -0.1) is 11.3 Å². The van der Waals surface area contributed by atoms with Crippen LogP contribution in [0.25, 0.3) is 21.3 Å². The number of piperidine rings is 1. The van der Waals surface area contributed by atoms with Crippen molar-refractivity contribution >= 4 is 27.5 Å². The number of carbonyl (C=O) groups excluding carboxylic acids is 1. The van der Waals surface area contributed by atoms with Crippen LogP contribution in [0.15, 0.2) is 29.1 Å². The zero-order valence-corrected chi connectivity index (χ0v) is 17.0. The van der Waals surface area contributed by atoms with E-state index in [4.69, 9.17) is 10.7 Å². The predicted molar refractivity (Wildman–Crippen MR) is 111 cm³/mol. The molecule has 4 rings (SSSR count). The van der Waals surface area contributed by atoms with Gasteiger partial charge in [-0.05, 0) is 19.4 Å². The molecule has 3 heterocycles. The second kappa shape index (κ2) is 7.48. The van der Waals surface area contributed by atoms with Crippen molar-refractivity contribution < 1.29 is 9.69 Å². The molecule has 0 bridgehead atoms. The van der Waals surface area contributed by atoms with Gasteiger partial charge in [0.15, 0.2) is 5.82 Å². The number of nitrogens with zero attached hydrogens (tertiary/aromatic N) is 1. The lowest BCUT2D eigenvalue weighted by molar-refractivity contribution is -0.920. The van der Waals surface area contributed by atoms with Crippen LogP contribution < -0.4 is 16.2 Å². The molecular formula is C21H25N4O2S+. The number of nitrogens with one attached hydrogen (secondary N) is 2. The first-order valence-corrected chi connectivity index (χ1v) is 10.5. The van der Waals surface area contributed by atoms with Crippen LogP contribution in [0, 0.1) is 19.8 Å². The van der Waals surface area contributed by atoms with Gasteiger partial charge in [0, 0.05) is 29.2 Å². The predicted octanol–water partition coefficient (Wildman–Crippen LogP) is 1.55. The van der Waals surface area contributed by atoms with E-state index in [1.165, 1.54) is 10.5 Å². The maximum absolute atomic E-state index is 12.9. The number of thiophene rings is 1. The van der Waals surface area contributed by atoms with Gasteiger partial charge in [-0.2, -0.15) is 0 Å². The summed E-state index contributed by atoms with van der Waals surface area (Å²) in [4.78, 5) is 35.2. The van der Waals surface area contributed by atoms with E-state index in [1.54, 1.807) is 11.3 Å². The van der Waals surface area contributed by atoms with Crippen LogP contribution in [0.1, 0.15) is 29.1 Å². The van der Waals surface area contributed by atoms with Crippen LogP contribution in [0.2, 0.25) is 0 Å². The Labute approximate surface area is 167 Å². The van der Waals surface area contributed by atoms with Crippen LogP contribution in [0.4, 0.5) is 0 Å². The number of aromatic nitrogens is 2. The van der Waals surface area contributed by atoms with Crippen LogP contribution in [0.3, 0.4) is 0 Å². The molecule has 3 aromatic rings. The SMILES string of the molecule is Cc1ccc(-c2c(C)sc3nc(C[NH+]4CCC(C(N)=O)CC4)[nH]c(=O)c23)cc1. The van der Waals surface area contributed by atoms with E-state index in [1.807, 2.05) is 6.92 Å². The Balaban J connectivity index is 1.62. The van der Waals surface area contributed by atoms with Crippen LogP contribution >= 0.6 is 11.3 Å². The minimum absolute atomic E-state index is 0.0183. The van der Waals surface area contributed by atoms with E-state index in [9.17, 15) is 9.59 Å². The van der Waals surface area contributed by atoms with Crippen molar-refractivity contribution in [3.63, 3.8) is 0 Å². The summed E-state index contributed by atoms with van der Waals surface area (Å²) in [6.07, 6.45) is 1.60. The highest BCUT2D eigenvalue weighted by Crippen LogP contribution is 2.35. The molecule has 4 N–H and O–H groups in total. The zero-order chi connectivity index (χ0) is 19.8. The molecule has 0 unspecified atom stereocenters. The summed E-state index contributed by atoms with van der Waals surface area (Å²) in [6.45, 7) is 6.49. The summed E-state index contributed by atoms with van der Waals surface area (Å²) in [5.41, 5.74) is 8.56. The molecule has 1 aliphatic heterocycles. The van der Waals surface area contributed by atoms with Gasteiger partial charge in [-0.1, -0.05) is 29.8 Å². The molecule has 1 aromatic carbocycles. The summed E-state index contributed by atoms with van der Waals surface area (Å²) in [5, 5.41) is 0.678. The third kappa shape index (κ3) is 3.59. The van der Waals surface area contributed by atoms with E-state index in [0.29, 0.717) is 17.8 Å². The molecule has 7 heteroatoms. The number of H-pyrrole nitrogens is 1. The molecule has 1 aliphatic rings. The molecular weight excluding hydrogens is 372 g/mol. The molecule has 0 aliphatic carbocycles. The van der Waals surface area contributed by atoms with Crippen molar-refractivity contribution in [1.29, 1.82) is 0 Å². The molecule has 0 saturated carbocycles. The zero-order valence-electron chi connectivity index (χ0n) is 16.2. The first-order chi connectivity index (χ1) is 13.4. The number of benzene rings is 1. The highest BCUT2D eigenvalue weighted by molar-refractivity contribution is 7.19. The number of amides is 1. The third-order valence-electron chi connectivity index (χ3n) is 5.64. The number of carbonyl (C=O) groups is 1. The Morgan fingerprint density at radius 2 is 1.93 bits per heavy atom. The number of rotatable bonds is 4. The van der Waals surface area contributed by atoms with Crippen molar-refractivity contribution in [2.24, 2.45) is 11.7 Å². The lowest BCUT2D eigenvalue weighted by Gasteiger charge is -2.27. The maximum atomic E-state index is 12.9. The van der Waals surface area contributed by atoms with Crippen molar-refractivity contribution in [2.75, 3.05) is 13.1 Å². The van der Waals surface area contributed by atoms with Gasteiger partial charge >= 0.3 is 0 Å². The fraction of sp³-hybridized carbons (Fsp3) is 0.381. The van der Waals surface area contributed by atoms with Crippen LogP contribution in [-0.2, 0) is 11.3 Å². The number of quaternary nitrogens is 1. The highest BCUT2D eigenvalue weighted by atomic mass is 32.1. The minimum atomic E-state index is -0.204. The van der Waals surface area contributed by atoms with Gasteiger partial charge in [-0.3, -0.25) is 9.59 Å². The van der Waals surface area contributed by atoms with E-state index >= 15 is 0 Å². The van der Waals surface area contributed by atoms with E-state index in [2.05, 4.69) is 36.2 Å². The average molecular weight is 398 g/mol. The van der Waals surface area contributed by atoms with Crippen molar-refractivity contribution in [2.45, 2.75) is 33.2 Å². The van der Waals surface area contributed by atoms with E-state index in [0.717, 1.165) is 46.8 Å². The number of hydrogen-bond acceptors (Lipinski definition) is 4. The fourth-order valence-corrected chi connectivity index (χ4v) is 5.10. The quantitative estimate of drug-likeness (QED) is 0.624. The molecule has 0 spiro atoms. The van der Waals surface area contributed by atoms with Crippen molar-refractivity contribution in [1.82, 2.24) is 9.97 Å². The van der Waals surface area contributed by atoms with Crippen LogP contribution in [0.5, 0.6) is 0 Å². The Morgan fingerprint density at radius 1 is 1.25 bits per heavy atom. The average Bonchev–Trinajstić information content (AvgIpc) is 2.99. The summed E-state index contributed by atoms with van der Waals surface area (Å²) in [5.74, 6) is 0.488. The first-order valence-electron chi connectivity index (χ1n) is 9.64. The van der Waals surface area contributed by atoms with E-state index < -0.39 is 0 Å². The van der Waals surface area contributed by atoms with Gasteiger partial charge in [0.1, 0.15) is 11.4 Å². The third-order valence-corrected chi connectivity index (χ3v) is 6.64. The summed E-state index contributed by atoms with van der Waals surface area (Å²) >= 11 is 1.57.